The number of anilines is 1. The van der Waals surface area contributed by atoms with Gasteiger partial charge < -0.3 is 10.1 Å². The van der Waals surface area contributed by atoms with Crippen LogP contribution in [0.4, 0.5) is 5.69 Å². The van der Waals surface area contributed by atoms with Gasteiger partial charge in [-0.25, -0.2) is 4.98 Å². The fourth-order valence-electron chi connectivity index (χ4n) is 1.94. The van der Waals surface area contributed by atoms with Crippen molar-refractivity contribution >= 4 is 34.5 Å². The van der Waals surface area contributed by atoms with Crippen molar-refractivity contribution < 1.29 is 9.53 Å². The highest BCUT2D eigenvalue weighted by atomic mass is 35.5. The molecule has 0 saturated carbocycles. The van der Waals surface area contributed by atoms with Gasteiger partial charge in [0.05, 0.1) is 12.1 Å². The summed E-state index contributed by atoms with van der Waals surface area (Å²) < 4.78 is 5.08. The molecule has 0 aliphatic rings. The number of carbonyl (C=O) groups excluding carboxylic acids is 1. The normalized spacial score (nSPS) is 10.3. The highest BCUT2D eigenvalue weighted by Gasteiger charge is 2.13. The van der Waals surface area contributed by atoms with Gasteiger partial charge in [-0.1, -0.05) is 11.6 Å². The first-order chi connectivity index (χ1) is 11.2. The molecule has 0 saturated heterocycles. The Morgan fingerprint density at radius 3 is 2.91 bits per heavy atom. The van der Waals surface area contributed by atoms with E-state index in [4.69, 9.17) is 16.3 Å². The molecule has 1 N–H and O–H groups in total. The molecule has 0 fully saturated rings. The zero-order valence-corrected chi connectivity index (χ0v) is 13.7. The summed E-state index contributed by atoms with van der Waals surface area (Å²) in [5.41, 5.74) is 1.81. The lowest BCUT2D eigenvalue weighted by molar-refractivity contribution is 0.102. The fraction of sp³-hybridized carbons (Fsp3) is 0.0625. The topological polar surface area (TPSA) is 64.1 Å². The van der Waals surface area contributed by atoms with E-state index in [1.54, 1.807) is 36.0 Å². The number of hydrogen-bond acceptors (Lipinski definition) is 5. The molecule has 0 spiro atoms. The number of hydrogen-bond donors (Lipinski definition) is 1. The number of amides is 1. The molecule has 5 nitrogen and oxygen atoms in total. The van der Waals surface area contributed by atoms with Crippen molar-refractivity contribution in [2.24, 2.45) is 0 Å². The van der Waals surface area contributed by atoms with Gasteiger partial charge in [0.1, 0.15) is 16.5 Å². The Balaban J connectivity index is 1.76. The van der Waals surface area contributed by atoms with E-state index in [0.29, 0.717) is 22.2 Å². The first-order valence-corrected chi connectivity index (χ1v) is 7.94. The molecule has 0 radical (unpaired) electrons. The SMILES string of the molecule is COc1ccc(NC(=O)c2csc(-c3cccnc3)n2)cc1Cl. The summed E-state index contributed by atoms with van der Waals surface area (Å²) in [6.45, 7) is 0. The number of ether oxygens (including phenoxy) is 1. The van der Waals surface area contributed by atoms with Crippen molar-refractivity contribution in [1.29, 1.82) is 0 Å². The number of carbonyl (C=O) groups is 1. The van der Waals surface area contributed by atoms with Crippen LogP contribution in [0.3, 0.4) is 0 Å². The second-order valence-electron chi connectivity index (χ2n) is 4.58. The highest BCUT2D eigenvalue weighted by molar-refractivity contribution is 7.13. The summed E-state index contributed by atoms with van der Waals surface area (Å²) in [4.78, 5) is 20.7. The lowest BCUT2D eigenvalue weighted by Gasteiger charge is -2.06. The van der Waals surface area contributed by atoms with Crippen LogP contribution >= 0.6 is 22.9 Å². The van der Waals surface area contributed by atoms with E-state index in [1.165, 1.54) is 18.4 Å². The fourth-order valence-corrected chi connectivity index (χ4v) is 2.99. The van der Waals surface area contributed by atoms with Crippen LogP contribution in [0, 0.1) is 0 Å². The molecule has 3 rings (SSSR count). The molecule has 0 atom stereocenters. The number of methoxy groups -OCH3 is 1. The molecule has 1 aromatic carbocycles. The van der Waals surface area contributed by atoms with E-state index in [9.17, 15) is 4.79 Å². The van der Waals surface area contributed by atoms with Crippen molar-refractivity contribution in [2.45, 2.75) is 0 Å². The second-order valence-corrected chi connectivity index (χ2v) is 5.85. The summed E-state index contributed by atoms with van der Waals surface area (Å²) in [6.07, 6.45) is 3.40. The Labute approximate surface area is 141 Å². The molecule has 1 amide bonds. The molecule has 7 heteroatoms. The summed E-state index contributed by atoms with van der Waals surface area (Å²) in [7, 11) is 1.54. The lowest BCUT2D eigenvalue weighted by atomic mass is 10.3. The monoisotopic (exact) mass is 345 g/mol. The Hall–Kier alpha value is -2.44. The van der Waals surface area contributed by atoms with E-state index in [2.05, 4.69) is 15.3 Å². The first kappa shape index (κ1) is 15.5. The quantitative estimate of drug-likeness (QED) is 0.772. The van der Waals surface area contributed by atoms with E-state index in [0.717, 1.165) is 10.6 Å². The average Bonchev–Trinajstić information content (AvgIpc) is 3.06. The largest absolute Gasteiger partial charge is 0.495 e. The maximum Gasteiger partial charge on any atom is 0.275 e. The minimum atomic E-state index is -0.294. The Morgan fingerprint density at radius 2 is 2.22 bits per heavy atom. The maximum absolute atomic E-state index is 12.3. The number of benzene rings is 1. The third-order valence-electron chi connectivity index (χ3n) is 3.05. The number of nitrogens with one attached hydrogen (secondary N) is 1. The van der Waals surface area contributed by atoms with Crippen LogP contribution in [-0.4, -0.2) is 23.0 Å². The summed E-state index contributed by atoms with van der Waals surface area (Å²) in [5.74, 6) is 0.259. The number of nitrogens with zero attached hydrogens (tertiary/aromatic N) is 2. The average molecular weight is 346 g/mol. The summed E-state index contributed by atoms with van der Waals surface area (Å²) in [5, 5.41) is 5.65. The van der Waals surface area contributed by atoms with Gasteiger partial charge in [-0.05, 0) is 30.3 Å². The Bertz CT molecular complexity index is 836. The van der Waals surface area contributed by atoms with Crippen LogP contribution < -0.4 is 10.1 Å². The van der Waals surface area contributed by atoms with Crippen LogP contribution in [-0.2, 0) is 0 Å². The summed E-state index contributed by atoms with van der Waals surface area (Å²) >= 11 is 7.44. The van der Waals surface area contributed by atoms with Gasteiger partial charge in [0.2, 0.25) is 0 Å². The van der Waals surface area contributed by atoms with Crippen LogP contribution in [0.5, 0.6) is 5.75 Å². The van der Waals surface area contributed by atoms with Crippen LogP contribution in [0.25, 0.3) is 10.6 Å². The van der Waals surface area contributed by atoms with Crippen molar-refractivity contribution in [3.05, 3.63) is 58.8 Å². The molecule has 2 aromatic heterocycles. The van der Waals surface area contributed by atoms with Gasteiger partial charge in [-0.15, -0.1) is 11.3 Å². The maximum atomic E-state index is 12.3. The zero-order valence-electron chi connectivity index (χ0n) is 12.1. The van der Waals surface area contributed by atoms with Crippen molar-refractivity contribution in [3.63, 3.8) is 0 Å². The standard InChI is InChI=1S/C16H12ClN3O2S/c1-22-14-5-4-11(7-12(14)17)19-15(21)13-9-23-16(20-13)10-3-2-6-18-8-10/h2-9H,1H3,(H,19,21). The van der Waals surface area contributed by atoms with Gasteiger partial charge in [-0.3, -0.25) is 9.78 Å². The smallest absolute Gasteiger partial charge is 0.275 e. The first-order valence-electron chi connectivity index (χ1n) is 6.68. The van der Waals surface area contributed by atoms with E-state index >= 15 is 0 Å². The predicted molar refractivity (Wildman–Crippen MR) is 91.3 cm³/mol. The van der Waals surface area contributed by atoms with Gasteiger partial charge in [0, 0.05) is 29.0 Å². The van der Waals surface area contributed by atoms with Crippen molar-refractivity contribution in [2.75, 3.05) is 12.4 Å². The van der Waals surface area contributed by atoms with Gasteiger partial charge in [0.15, 0.2) is 0 Å². The van der Waals surface area contributed by atoms with Crippen LogP contribution in [0.2, 0.25) is 5.02 Å². The zero-order chi connectivity index (χ0) is 16.2. The highest BCUT2D eigenvalue weighted by Crippen LogP contribution is 2.28. The molecular formula is C16H12ClN3O2S. The van der Waals surface area contributed by atoms with Crippen molar-refractivity contribution in [1.82, 2.24) is 9.97 Å². The minimum absolute atomic E-state index is 0.294. The van der Waals surface area contributed by atoms with Crippen LogP contribution in [0.15, 0.2) is 48.1 Å². The molecule has 0 aliphatic carbocycles. The van der Waals surface area contributed by atoms with E-state index in [1.807, 2.05) is 12.1 Å². The Morgan fingerprint density at radius 1 is 1.35 bits per heavy atom. The molecule has 3 aromatic rings. The van der Waals surface area contributed by atoms with E-state index in [-0.39, 0.29) is 5.91 Å². The third-order valence-corrected chi connectivity index (χ3v) is 4.24. The molecular weight excluding hydrogens is 334 g/mol. The number of rotatable bonds is 4. The number of aromatic nitrogens is 2. The molecule has 2 heterocycles. The predicted octanol–water partition coefficient (Wildman–Crippen LogP) is 4.12. The van der Waals surface area contributed by atoms with Crippen LogP contribution in [0.1, 0.15) is 10.5 Å². The van der Waals surface area contributed by atoms with Gasteiger partial charge in [-0.2, -0.15) is 0 Å². The molecule has 116 valence electrons. The molecule has 23 heavy (non-hydrogen) atoms. The van der Waals surface area contributed by atoms with Crippen molar-refractivity contribution in [3.8, 4) is 16.3 Å². The van der Waals surface area contributed by atoms with Gasteiger partial charge >= 0.3 is 0 Å². The lowest BCUT2D eigenvalue weighted by Crippen LogP contribution is -2.12. The number of pyridine rings is 1. The molecule has 0 aliphatic heterocycles. The van der Waals surface area contributed by atoms with E-state index < -0.39 is 0 Å². The Kier molecular flexibility index (Phi) is 4.55. The minimum Gasteiger partial charge on any atom is -0.495 e. The molecule has 0 bridgehead atoms. The summed E-state index contributed by atoms with van der Waals surface area (Å²) in [6, 6.07) is 8.77. The molecule has 0 unspecified atom stereocenters. The number of halogens is 1. The number of thiazole rings is 1. The third kappa shape index (κ3) is 3.49. The van der Waals surface area contributed by atoms with Gasteiger partial charge in [0.25, 0.3) is 5.91 Å². The second kappa shape index (κ2) is 6.76.